The predicted molar refractivity (Wildman–Crippen MR) is 112 cm³/mol. The Morgan fingerprint density at radius 3 is 2.44 bits per heavy atom. The fourth-order valence-electron chi connectivity index (χ4n) is 3.58. The van der Waals surface area contributed by atoms with Gasteiger partial charge in [-0.15, -0.1) is 0 Å². The zero-order valence-corrected chi connectivity index (χ0v) is 17.4. The van der Waals surface area contributed by atoms with Gasteiger partial charge in [-0.1, -0.05) is 0 Å². The summed E-state index contributed by atoms with van der Waals surface area (Å²) in [6.07, 6.45) is 0.421. The number of non-ortho nitro benzene ring substituents is 1. The number of likely N-dealkylation sites (tertiary alicyclic amines) is 1. The normalized spacial score (nSPS) is 17.6. The van der Waals surface area contributed by atoms with Crippen LogP contribution in [0.25, 0.3) is 5.76 Å². The van der Waals surface area contributed by atoms with Crippen molar-refractivity contribution in [1.82, 2.24) is 4.90 Å². The van der Waals surface area contributed by atoms with Gasteiger partial charge in [-0.2, -0.15) is 0 Å². The Bertz CT molecular complexity index is 1080. The quantitative estimate of drug-likeness (QED) is 0.166. The molecule has 10 heteroatoms. The maximum atomic E-state index is 14.2. The van der Waals surface area contributed by atoms with E-state index in [0.717, 1.165) is 6.07 Å². The summed E-state index contributed by atoms with van der Waals surface area (Å²) in [6, 6.07) is 7.98. The van der Waals surface area contributed by atoms with E-state index in [1.165, 1.54) is 55.5 Å². The Balaban J connectivity index is 2.13. The van der Waals surface area contributed by atoms with Crippen LogP contribution in [0.5, 0.6) is 5.75 Å². The molecule has 1 unspecified atom stereocenters. The van der Waals surface area contributed by atoms with E-state index in [-0.39, 0.29) is 29.1 Å². The number of nitrogens with zero attached hydrogens (tertiary/aromatic N) is 2. The average molecular weight is 444 g/mol. The van der Waals surface area contributed by atoms with Crippen LogP contribution in [0.15, 0.2) is 48.0 Å². The third kappa shape index (κ3) is 4.30. The number of ketones is 1. The van der Waals surface area contributed by atoms with Gasteiger partial charge in [-0.25, -0.2) is 4.39 Å². The maximum absolute atomic E-state index is 14.2. The summed E-state index contributed by atoms with van der Waals surface area (Å²) >= 11 is 0. The standard InChI is InChI=1S/C22H21FN2O7/c1-31-11-3-10-24-19(13-4-7-15(8-5-13)25(29)30)18(21(27)22(24)28)20(26)14-6-9-17(32-2)16(23)12-14/h4-9,12,19,26H,3,10-11H2,1-2H3/b20-18-. The highest BCUT2D eigenvalue weighted by molar-refractivity contribution is 6.46. The number of nitro groups is 1. The van der Waals surface area contributed by atoms with Crippen LogP contribution in [-0.2, 0) is 14.3 Å². The van der Waals surface area contributed by atoms with Crippen molar-refractivity contribution >= 4 is 23.1 Å². The molecule has 9 nitrogen and oxygen atoms in total. The molecule has 1 aliphatic rings. The van der Waals surface area contributed by atoms with Gasteiger partial charge in [0.25, 0.3) is 17.4 Å². The minimum atomic E-state index is -1.00. The first-order chi connectivity index (χ1) is 15.3. The number of hydrogen-bond donors (Lipinski definition) is 1. The molecule has 2 aromatic rings. The second-order valence-electron chi connectivity index (χ2n) is 7.04. The molecule has 0 saturated carbocycles. The van der Waals surface area contributed by atoms with E-state index in [1.807, 2.05) is 0 Å². The first kappa shape index (κ1) is 22.9. The largest absolute Gasteiger partial charge is 0.507 e. The van der Waals surface area contributed by atoms with Crippen molar-refractivity contribution in [2.45, 2.75) is 12.5 Å². The number of carbonyl (C=O) groups excluding carboxylic acids is 2. The first-order valence-electron chi connectivity index (χ1n) is 9.65. The number of rotatable bonds is 8. The van der Waals surface area contributed by atoms with Gasteiger partial charge in [0.1, 0.15) is 5.76 Å². The lowest BCUT2D eigenvalue weighted by Gasteiger charge is -2.25. The fraction of sp³-hybridized carbons (Fsp3) is 0.273. The topological polar surface area (TPSA) is 119 Å². The minimum absolute atomic E-state index is 0.00916. The Morgan fingerprint density at radius 1 is 1.19 bits per heavy atom. The molecule has 3 rings (SSSR count). The summed E-state index contributed by atoms with van der Waals surface area (Å²) in [4.78, 5) is 37.3. The molecule has 1 fully saturated rings. The van der Waals surface area contributed by atoms with Crippen molar-refractivity contribution in [1.29, 1.82) is 0 Å². The van der Waals surface area contributed by atoms with Gasteiger partial charge in [-0.3, -0.25) is 19.7 Å². The number of hydrogen-bond acceptors (Lipinski definition) is 7. The minimum Gasteiger partial charge on any atom is -0.507 e. The van der Waals surface area contributed by atoms with Crippen LogP contribution in [0.2, 0.25) is 0 Å². The zero-order chi connectivity index (χ0) is 23.4. The number of halogens is 1. The van der Waals surface area contributed by atoms with E-state index in [2.05, 4.69) is 0 Å². The molecule has 0 aliphatic carbocycles. The van der Waals surface area contributed by atoms with Crippen LogP contribution in [0.4, 0.5) is 10.1 Å². The molecule has 1 heterocycles. The molecule has 32 heavy (non-hydrogen) atoms. The Kier molecular flexibility index (Phi) is 6.84. The second-order valence-corrected chi connectivity index (χ2v) is 7.04. The molecule has 1 aliphatic heterocycles. The number of methoxy groups -OCH3 is 2. The number of carbonyl (C=O) groups is 2. The summed E-state index contributed by atoms with van der Waals surface area (Å²) in [5.74, 6) is -3.12. The summed E-state index contributed by atoms with van der Waals surface area (Å²) in [7, 11) is 2.79. The number of amides is 1. The van der Waals surface area contributed by atoms with E-state index < -0.39 is 34.2 Å². The van der Waals surface area contributed by atoms with Crippen LogP contribution < -0.4 is 4.74 Å². The monoisotopic (exact) mass is 444 g/mol. The van der Waals surface area contributed by atoms with Crippen molar-refractivity contribution < 1.29 is 33.5 Å². The van der Waals surface area contributed by atoms with Crippen molar-refractivity contribution in [3.05, 3.63) is 75.1 Å². The molecular formula is C22H21FN2O7. The Hall–Kier alpha value is -3.79. The maximum Gasteiger partial charge on any atom is 0.295 e. The third-order valence-corrected chi connectivity index (χ3v) is 5.13. The van der Waals surface area contributed by atoms with Crippen molar-refractivity contribution in [3.8, 4) is 5.75 Å². The molecule has 1 saturated heterocycles. The van der Waals surface area contributed by atoms with Gasteiger partial charge in [0, 0.05) is 38.0 Å². The number of benzene rings is 2. The van der Waals surface area contributed by atoms with Gasteiger partial charge in [-0.05, 0) is 42.3 Å². The number of aliphatic hydroxyl groups excluding tert-OH is 1. The van der Waals surface area contributed by atoms with Crippen LogP contribution in [0, 0.1) is 15.9 Å². The lowest BCUT2D eigenvalue weighted by molar-refractivity contribution is -0.384. The first-order valence-corrected chi connectivity index (χ1v) is 9.65. The van der Waals surface area contributed by atoms with E-state index in [9.17, 15) is 29.2 Å². The summed E-state index contributed by atoms with van der Waals surface area (Å²) in [5, 5.41) is 21.9. The van der Waals surface area contributed by atoms with Gasteiger partial charge in [0.05, 0.1) is 23.6 Å². The van der Waals surface area contributed by atoms with Gasteiger partial charge < -0.3 is 19.5 Å². The lowest BCUT2D eigenvalue weighted by Crippen LogP contribution is -2.31. The van der Waals surface area contributed by atoms with Crippen molar-refractivity contribution in [2.75, 3.05) is 27.4 Å². The SMILES string of the molecule is COCCCN1C(=O)C(=O)/C(=C(\O)c2ccc(OC)c(F)c2)C1c1ccc([N+](=O)[O-])cc1. The van der Waals surface area contributed by atoms with Crippen LogP contribution in [0.1, 0.15) is 23.6 Å². The van der Waals surface area contributed by atoms with E-state index in [4.69, 9.17) is 9.47 Å². The fourth-order valence-corrected chi connectivity index (χ4v) is 3.58. The molecule has 0 spiro atoms. The molecule has 2 aromatic carbocycles. The van der Waals surface area contributed by atoms with Gasteiger partial charge in [0.15, 0.2) is 11.6 Å². The molecular weight excluding hydrogens is 423 g/mol. The smallest absolute Gasteiger partial charge is 0.295 e. The molecule has 1 atom stereocenters. The third-order valence-electron chi connectivity index (χ3n) is 5.13. The second kappa shape index (κ2) is 9.56. The van der Waals surface area contributed by atoms with Crippen LogP contribution in [-0.4, -0.2) is 54.0 Å². The van der Waals surface area contributed by atoms with Crippen molar-refractivity contribution in [2.24, 2.45) is 0 Å². The highest BCUT2D eigenvalue weighted by Gasteiger charge is 2.45. The van der Waals surface area contributed by atoms with E-state index in [0.29, 0.717) is 18.6 Å². The Labute approximate surface area is 182 Å². The average Bonchev–Trinajstić information content (AvgIpc) is 3.03. The molecule has 1 N–H and O–H groups in total. The lowest BCUT2D eigenvalue weighted by atomic mass is 9.95. The van der Waals surface area contributed by atoms with E-state index >= 15 is 0 Å². The number of nitro benzene ring substituents is 1. The number of Topliss-reactive ketones (excluding diaryl/α,β-unsaturated/α-hetero) is 1. The van der Waals surface area contributed by atoms with E-state index in [1.54, 1.807) is 0 Å². The highest BCUT2D eigenvalue weighted by atomic mass is 19.1. The van der Waals surface area contributed by atoms with Gasteiger partial charge in [0.2, 0.25) is 0 Å². The highest BCUT2D eigenvalue weighted by Crippen LogP contribution is 2.40. The molecule has 1 amide bonds. The Morgan fingerprint density at radius 2 is 1.88 bits per heavy atom. The summed E-state index contributed by atoms with van der Waals surface area (Å²) in [6.45, 7) is 0.480. The molecule has 168 valence electrons. The number of aliphatic hydroxyl groups is 1. The predicted octanol–water partition coefficient (Wildman–Crippen LogP) is 3.20. The zero-order valence-electron chi connectivity index (χ0n) is 17.4. The summed E-state index contributed by atoms with van der Waals surface area (Å²) in [5.41, 5.74) is -0.0130. The van der Waals surface area contributed by atoms with Crippen LogP contribution >= 0.6 is 0 Å². The van der Waals surface area contributed by atoms with Gasteiger partial charge >= 0.3 is 0 Å². The molecule has 0 radical (unpaired) electrons. The molecule has 0 aromatic heterocycles. The number of ether oxygens (including phenoxy) is 2. The molecule has 0 bridgehead atoms. The van der Waals surface area contributed by atoms with Crippen LogP contribution in [0.3, 0.4) is 0 Å². The summed E-state index contributed by atoms with van der Waals surface area (Å²) < 4.78 is 24.1. The van der Waals surface area contributed by atoms with Crippen molar-refractivity contribution in [3.63, 3.8) is 0 Å².